The van der Waals surface area contributed by atoms with Gasteiger partial charge < -0.3 is 36.1 Å². The minimum Gasteiger partial charge on any atom is -0.394 e. The van der Waals surface area contributed by atoms with Crippen molar-refractivity contribution in [2.75, 3.05) is 20.3 Å². The first-order chi connectivity index (χ1) is 11.8. The minimum absolute atomic E-state index is 0.0872. The topological polar surface area (TPSA) is 172 Å². The number of aliphatic hydroxyl groups excluding tert-OH is 2. The van der Waals surface area contributed by atoms with Gasteiger partial charge in [-0.15, -0.1) is 0 Å². The average Bonchev–Trinajstić information content (AvgIpc) is 2.55. The van der Waals surface area contributed by atoms with Crippen LogP contribution in [0.25, 0.3) is 0 Å². The summed E-state index contributed by atoms with van der Waals surface area (Å²) in [6.45, 7) is 0.965. The molecular weight excluding hydrogens is 336 g/mol. The number of amides is 4. The van der Waals surface area contributed by atoms with Crippen LogP contribution in [0.15, 0.2) is 11.8 Å². The number of carbonyl (C=O) groups is 3. The van der Waals surface area contributed by atoms with E-state index in [1.807, 2.05) is 5.32 Å². The van der Waals surface area contributed by atoms with E-state index in [2.05, 4.69) is 10.6 Å². The van der Waals surface area contributed by atoms with Crippen LogP contribution in [0.4, 0.5) is 4.79 Å². The van der Waals surface area contributed by atoms with Crippen molar-refractivity contribution in [2.24, 2.45) is 5.73 Å². The van der Waals surface area contributed by atoms with Crippen molar-refractivity contribution in [1.29, 1.82) is 0 Å². The lowest BCUT2D eigenvalue weighted by molar-refractivity contribution is -0.180. The zero-order valence-electron chi connectivity index (χ0n) is 14.0. The molecule has 0 spiro atoms. The number of aliphatic hydroxyl groups is 2. The average molecular weight is 360 g/mol. The number of hydrogen-bond donors (Lipinski definition) is 6. The maximum Gasteiger partial charge on any atom is 0.312 e. The largest absolute Gasteiger partial charge is 0.394 e. The Kier molecular flexibility index (Phi) is 8.28. The van der Waals surface area contributed by atoms with E-state index in [-0.39, 0.29) is 18.6 Å². The van der Waals surface area contributed by atoms with Gasteiger partial charge in [-0.25, -0.2) is 4.79 Å². The summed E-state index contributed by atoms with van der Waals surface area (Å²) >= 11 is 0. The quantitative estimate of drug-likeness (QED) is 0.195. The van der Waals surface area contributed by atoms with E-state index < -0.39 is 49.0 Å². The van der Waals surface area contributed by atoms with Crippen LogP contribution in [0, 0.1) is 0 Å². The van der Waals surface area contributed by atoms with Gasteiger partial charge in [-0.1, -0.05) is 0 Å². The number of nitrogens with two attached hydrogens (primary N) is 1. The normalized spacial score (nSPS) is 27.9. The van der Waals surface area contributed by atoms with E-state index in [0.717, 1.165) is 0 Å². The van der Waals surface area contributed by atoms with Crippen molar-refractivity contribution in [3.05, 3.63) is 11.8 Å². The second-order valence-electron chi connectivity index (χ2n) is 5.38. The molecule has 1 rings (SSSR count). The first kappa shape index (κ1) is 20.8. The standard InChI is InChI=1S/C14H24N4O7/c1-7(8(3-16-2)13(22)17-6-20)25-12-10(4-19)24-5-9(21)11(12)18-14(15)23/h3,6-7,9-12,16,19,21H,4-5H2,1-2H3,(H3,15,18,23)(H,17,20,22)/b8-3-. The molecule has 1 heterocycles. The highest BCUT2D eigenvalue weighted by molar-refractivity contribution is 5.99. The van der Waals surface area contributed by atoms with Crippen LogP contribution in [-0.4, -0.2) is 79.3 Å². The molecule has 0 radical (unpaired) electrons. The molecular formula is C14H24N4O7. The van der Waals surface area contributed by atoms with Gasteiger partial charge in [0, 0.05) is 13.2 Å². The SMILES string of the molecule is CN/C=C(\C(=O)NC=O)C(C)OC1C(CO)OCC(O)C1NC(N)=O. The van der Waals surface area contributed by atoms with Crippen molar-refractivity contribution >= 4 is 18.3 Å². The summed E-state index contributed by atoms with van der Waals surface area (Å²) in [7, 11) is 1.56. The number of primary amides is 1. The molecule has 1 fully saturated rings. The Hall–Kier alpha value is -2.21. The van der Waals surface area contributed by atoms with E-state index >= 15 is 0 Å². The summed E-state index contributed by atoms with van der Waals surface area (Å²) in [5.74, 6) is -0.686. The summed E-state index contributed by atoms with van der Waals surface area (Å²) in [6, 6.07) is -1.83. The van der Waals surface area contributed by atoms with Crippen LogP contribution in [0.1, 0.15) is 6.92 Å². The predicted octanol–water partition coefficient (Wildman–Crippen LogP) is -3.08. The molecule has 11 nitrogen and oxygen atoms in total. The summed E-state index contributed by atoms with van der Waals surface area (Å²) in [5.41, 5.74) is 5.20. The van der Waals surface area contributed by atoms with Crippen LogP contribution in [0.2, 0.25) is 0 Å². The Morgan fingerprint density at radius 3 is 2.68 bits per heavy atom. The van der Waals surface area contributed by atoms with E-state index in [9.17, 15) is 24.6 Å². The first-order valence-corrected chi connectivity index (χ1v) is 7.59. The number of imide groups is 1. The molecule has 7 N–H and O–H groups in total. The molecule has 0 aromatic rings. The molecule has 0 aromatic carbocycles. The van der Waals surface area contributed by atoms with Crippen molar-refractivity contribution < 1.29 is 34.1 Å². The maximum absolute atomic E-state index is 11.9. The molecule has 1 aliphatic heterocycles. The van der Waals surface area contributed by atoms with Crippen molar-refractivity contribution in [3.63, 3.8) is 0 Å². The highest BCUT2D eigenvalue weighted by Gasteiger charge is 2.42. The number of nitrogens with one attached hydrogen (secondary N) is 3. The third-order valence-corrected chi connectivity index (χ3v) is 3.66. The van der Waals surface area contributed by atoms with Gasteiger partial charge in [0.25, 0.3) is 5.91 Å². The van der Waals surface area contributed by atoms with Crippen LogP contribution < -0.4 is 21.7 Å². The molecule has 0 bridgehead atoms. The molecule has 5 unspecified atom stereocenters. The molecule has 5 atom stereocenters. The lowest BCUT2D eigenvalue weighted by Crippen LogP contribution is -2.63. The zero-order valence-corrected chi connectivity index (χ0v) is 14.0. The first-order valence-electron chi connectivity index (χ1n) is 7.59. The van der Waals surface area contributed by atoms with E-state index in [1.165, 1.54) is 13.1 Å². The summed E-state index contributed by atoms with van der Waals surface area (Å²) in [6.07, 6.45) is -2.24. The summed E-state index contributed by atoms with van der Waals surface area (Å²) in [4.78, 5) is 33.6. The van der Waals surface area contributed by atoms with Crippen LogP contribution in [0.3, 0.4) is 0 Å². The van der Waals surface area contributed by atoms with Crippen LogP contribution in [0.5, 0.6) is 0 Å². The highest BCUT2D eigenvalue weighted by atomic mass is 16.6. The van der Waals surface area contributed by atoms with Gasteiger partial charge in [-0.05, 0) is 6.92 Å². The lowest BCUT2D eigenvalue weighted by atomic mass is 9.96. The number of carbonyl (C=O) groups excluding carboxylic acids is 3. The Morgan fingerprint density at radius 1 is 1.48 bits per heavy atom. The molecule has 142 valence electrons. The van der Waals surface area contributed by atoms with Gasteiger partial charge in [-0.2, -0.15) is 0 Å². The Morgan fingerprint density at radius 2 is 2.16 bits per heavy atom. The molecule has 0 aromatic heterocycles. The fourth-order valence-corrected chi connectivity index (χ4v) is 2.51. The van der Waals surface area contributed by atoms with Crippen molar-refractivity contribution in [3.8, 4) is 0 Å². The summed E-state index contributed by atoms with van der Waals surface area (Å²) < 4.78 is 11.1. The van der Waals surface area contributed by atoms with Gasteiger partial charge in [0.1, 0.15) is 18.3 Å². The molecule has 0 saturated carbocycles. The van der Waals surface area contributed by atoms with E-state index in [0.29, 0.717) is 0 Å². The molecule has 0 aliphatic carbocycles. The molecule has 1 aliphatic rings. The fourth-order valence-electron chi connectivity index (χ4n) is 2.51. The molecule has 4 amide bonds. The van der Waals surface area contributed by atoms with Crippen LogP contribution in [-0.2, 0) is 19.1 Å². The third kappa shape index (κ3) is 5.67. The van der Waals surface area contributed by atoms with Gasteiger partial charge in [-0.3, -0.25) is 14.9 Å². The fraction of sp³-hybridized carbons (Fsp3) is 0.643. The maximum atomic E-state index is 11.9. The molecule has 25 heavy (non-hydrogen) atoms. The predicted molar refractivity (Wildman–Crippen MR) is 85.0 cm³/mol. The van der Waals surface area contributed by atoms with Crippen molar-refractivity contribution in [2.45, 2.75) is 37.4 Å². The lowest BCUT2D eigenvalue weighted by Gasteiger charge is -2.41. The highest BCUT2D eigenvalue weighted by Crippen LogP contribution is 2.22. The second-order valence-corrected chi connectivity index (χ2v) is 5.38. The number of ether oxygens (including phenoxy) is 2. The number of urea groups is 1. The van der Waals surface area contributed by atoms with Crippen LogP contribution >= 0.6 is 0 Å². The minimum atomic E-state index is -1.12. The smallest absolute Gasteiger partial charge is 0.312 e. The Bertz CT molecular complexity index is 513. The number of rotatable bonds is 8. The van der Waals surface area contributed by atoms with Gasteiger partial charge in [0.15, 0.2) is 0 Å². The Labute approximate surface area is 144 Å². The van der Waals surface area contributed by atoms with Gasteiger partial charge >= 0.3 is 6.03 Å². The monoisotopic (exact) mass is 360 g/mol. The zero-order chi connectivity index (χ0) is 19.0. The van der Waals surface area contributed by atoms with E-state index in [1.54, 1.807) is 7.05 Å². The molecule has 1 saturated heterocycles. The van der Waals surface area contributed by atoms with Crippen molar-refractivity contribution in [1.82, 2.24) is 16.0 Å². The Balaban J connectivity index is 3.01. The third-order valence-electron chi connectivity index (χ3n) is 3.66. The second kappa shape index (κ2) is 9.93. The van der Waals surface area contributed by atoms with Gasteiger partial charge in [0.2, 0.25) is 6.41 Å². The van der Waals surface area contributed by atoms with E-state index in [4.69, 9.17) is 15.2 Å². The summed E-state index contributed by atoms with van der Waals surface area (Å²) in [5, 5.41) is 26.5. The van der Waals surface area contributed by atoms with Gasteiger partial charge in [0.05, 0.1) is 30.9 Å². The molecule has 11 heteroatoms. The number of hydrogen-bond acceptors (Lipinski definition) is 8.